The molecular formula is C14H29N3O2S. The molecule has 0 unspecified atom stereocenters. The molecule has 20 heavy (non-hydrogen) atoms. The van der Waals surface area contributed by atoms with E-state index in [1.165, 1.54) is 0 Å². The Balaban J connectivity index is 4.09. The molecule has 0 aliphatic rings. The minimum Gasteiger partial charge on any atom is -0.349 e. The molecular weight excluding hydrogens is 274 g/mol. The smallest absolute Gasteiger partial charge is 0.223 e. The van der Waals surface area contributed by atoms with Crippen molar-refractivity contribution >= 4 is 23.6 Å². The van der Waals surface area contributed by atoms with Crippen molar-refractivity contribution in [1.29, 1.82) is 0 Å². The first-order chi connectivity index (χ1) is 9.26. The lowest BCUT2D eigenvalue weighted by atomic mass is 9.99. The van der Waals surface area contributed by atoms with Crippen LogP contribution in [0.5, 0.6) is 0 Å². The Morgan fingerprint density at radius 1 is 1.15 bits per heavy atom. The van der Waals surface area contributed by atoms with E-state index in [0.29, 0.717) is 12.8 Å². The second kappa shape index (κ2) is 9.23. The number of hydrogen-bond donors (Lipinski definition) is 1. The van der Waals surface area contributed by atoms with Crippen LogP contribution in [0, 0.1) is 0 Å². The summed E-state index contributed by atoms with van der Waals surface area (Å²) in [5, 5.41) is 0. The fraction of sp³-hybridized carbons (Fsp3) is 0.857. The lowest BCUT2D eigenvalue weighted by Gasteiger charge is -2.37. The Labute approximate surface area is 127 Å². The standard InChI is InChI=1S/C14H29N3O2S/c1-6-12(18)17(11-15)14(2,3)8-10-20-9-7-13(19)16(4)5/h6-11,15H2,1-5H3. The molecule has 0 aliphatic carbocycles. The van der Waals surface area contributed by atoms with Crippen LogP contribution in [0.15, 0.2) is 0 Å². The number of nitrogens with zero attached hydrogens (tertiary/aromatic N) is 2. The van der Waals surface area contributed by atoms with Gasteiger partial charge < -0.3 is 15.5 Å². The molecule has 0 atom stereocenters. The Morgan fingerprint density at radius 3 is 2.20 bits per heavy atom. The predicted molar refractivity (Wildman–Crippen MR) is 85.5 cm³/mol. The van der Waals surface area contributed by atoms with E-state index in [2.05, 4.69) is 0 Å². The summed E-state index contributed by atoms with van der Waals surface area (Å²) in [5.41, 5.74) is 5.45. The Hall–Kier alpha value is -0.750. The largest absolute Gasteiger partial charge is 0.349 e. The Morgan fingerprint density at radius 2 is 1.75 bits per heavy atom. The Kier molecular flexibility index (Phi) is 8.89. The second-order valence-electron chi connectivity index (χ2n) is 5.57. The number of carbonyl (C=O) groups excluding carboxylic acids is 2. The summed E-state index contributed by atoms with van der Waals surface area (Å²) in [6.07, 6.45) is 1.91. The van der Waals surface area contributed by atoms with Crippen molar-refractivity contribution in [2.75, 3.05) is 32.3 Å². The molecule has 2 amide bonds. The third-order valence-corrected chi connectivity index (χ3v) is 4.32. The normalized spacial score (nSPS) is 11.3. The number of thioether (sulfide) groups is 1. The minimum absolute atomic E-state index is 0.0882. The van der Waals surface area contributed by atoms with Gasteiger partial charge in [-0.2, -0.15) is 11.8 Å². The molecule has 0 saturated carbocycles. The highest BCUT2D eigenvalue weighted by atomic mass is 32.2. The van der Waals surface area contributed by atoms with Gasteiger partial charge in [0.25, 0.3) is 0 Å². The van der Waals surface area contributed by atoms with Gasteiger partial charge in [0.1, 0.15) is 0 Å². The van der Waals surface area contributed by atoms with Gasteiger partial charge in [0, 0.05) is 38.2 Å². The van der Waals surface area contributed by atoms with E-state index in [0.717, 1.165) is 17.9 Å². The second-order valence-corrected chi connectivity index (χ2v) is 6.80. The first kappa shape index (κ1) is 19.2. The lowest BCUT2D eigenvalue weighted by Crippen LogP contribution is -2.50. The summed E-state index contributed by atoms with van der Waals surface area (Å²) >= 11 is 1.75. The van der Waals surface area contributed by atoms with Gasteiger partial charge in [0.2, 0.25) is 11.8 Å². The van der Waals surface area contributed by atoms with Gasteiger partial charge >= 0.3 is 0 Å². The fourth-order valence-electron chi connectivity index (χ4n) is 1.82. The van der Waals surface area contributed by atoms with Gasteiger partial charge in [0.05, 0.1) is 6.67 Å². The zero-order valence-electron chi connectivity index (χ0n) is 13.4. The maximum absolute atomic E-state index is 11.8. The first-order valence-corrected chi connectivity index (χ1v) is 8.20. The zero-order valence-corrected chi connectivity index (χ0v) is 14.3. The van der Waals surface area contributed by atoms with E-state index >= 15 is 0 Å². The van der Waals surface area contributed by atoms with Crippen molar-refractivity contribution in [3.05, 3.63) is 0 Å². The Bertz CT molecular complexity index is 320. The monoisotopic (exact) mass is 303 g/mol. The molecule has 0 saturated heterocycles. The maximum atomic E-state index is 11.8. The topological polar surface area (TPSA) is 66.6 Å². The van der Waals surface area contributed by atoms with E-state index in [1.807, 2.05) is 20.8 Å². The first-order valence-electron chi connectivity index (χ1n) is 7.04. The van der Waals surface area contributed by atoms with Crippen LogP contribution in [0.3, 0.4) is 0 Å². The van der Waals surface area contributed by atoms with Gasteiger partial charge in [-0.1, -0.05) is 6.92 Å². The van der Waals surface area contributed by atoms with E-state index in [-0.39, 0.29) is 24.0 Å². The van der Waals surface area contributed by atoms with Crippen LogP contribution in [0.2, 0.25) is 0 Å². The van der Waals surface area contributed by atoms with Crippen molar-refractivity contribution in [3.63, 3.8) is 0 Å². The molecule has 0 aromatic heterocycles. The van der Waals surface area contributed by atoms with Crippen molar-refractivity contribution < 1.29 is 9.59 Å². The van der Waals surface area contributed by atoms with Crippen LogP contribution in [0.1, 0.15) is 40.0 Å². The fourth-order valence-corrected chi connectivity index (χ4v) is 2.99. The summed E-state index contributed by atoms with van der Waals surface area (Å²) in [7, 11) is 3.54. The summed E-state index contributed by atoms with van der Waals surface area (Å²) in [4.78, 5) is 26.6. The predicted octanol–water partition coefficient (Wildman–Crippen LogP) is 1.52. The molecule has 6 heteroatoms. The van der Waals surface area contributed by atoms with Crippen molar-refractivity contribution in [2.24, 2.45) is 5.73 Å². The molecule has 0 rings (SSSR count). The van der Waals surface area contributed by atoms with Crippen LogP contribution < -0.4 is 5.73 Å². The highest BCUT2D eigenvalue weighted by Crippen LogP contribution is 2.22. The maximum Gasteiger partial charge on any atom is 0.223 e. The highest BCUT2D eigenvalue weighted by Gasteiger charge is 2.28. The number of amides is 2. The quantitative estimate of drug-likeness (QED) is 0.518. The van der Waals surface area contributed by atoms with Crippen LogP contribution in [0.4, 0.5) is 0 Å². The number of nitrogens with two attached hydrogens (primary N) is 1. The molecule has 0 aliphatic heterocycles. The van der Waals surface area contributed by atoms with Crippen LogP contribution in [-0.4, -0.2) is 59.4 Å². The van der Waals surface area contributed by atoms with Gasteiger partial charge in [-0.05, 0) is 26.0 Å². The summed E-state index contributed by atoms with van der Waals surface area (Å²) in [6.45, 7) is 6.18. The molecule has 0 heterocycles. The highest BCUT2D eigenvalue weighted by molar-refractivity contribution is 7.99. The minimum atomic E-state index is -0.236. The van der Waals surface area contributed by atoms with E-state index < -0.39 is 0 Å². The molecule has 0 aromatic rings. The van der Waals surface area contributed by atoms with Gasteiger partial charge in [-0.3, -0.25) is 9.59 Å². The number of rotatable bonds is 9. The van der Waals surface area contributed by atoms with Crippen molar-refractivity contribution in [2.45, 2.75) is 45.6 Å². The van der Waals surface area contributed by atoms with Crippen molar-refractivity contribution in [3.8, 4) is 0 Å². The summed E-state index contributed by atoms with van der Waals surface area (Å²) in [5.74, 6) is 1.98. The van der Waals surface area contributed by atoms with E-state index in [4.69, 9.17) is 5.73 Å². The molecule has 5 nitrogen and oxygen atoms in total. The molecule has 0 bridgehead atoms. The van der Waals surface area contributed by atoms with E-state index in [1.54, 1.807) is 35.7 Å². The SMILES string of the molecule is CCC(=O)N(CN)C(C)(C)CCSCCC(=O)N(C)C. The van der Waals surface area contributed by atoms with Gasteiger partial charge in [-0.15, -0.1) is 0 Å². The molecule has 0 aromatic carbocycles. The number of carbonyl (C=O) groups is 2. The third kappa shape index (κ3) is 6.61. The summed E-state index contributed by atoms with van der Waals surface area (Å²) < 4.78 is 0. The molecule has 0 radical (unpaired) electrons. The molecule has 0 fully saturated rings. The van der Waals surface area contributed by atoms with Gasteiger partial charge in [-0.25, -0.2) is 0 Å². The van der Waals surface area contributed by atoms with Crippen LogP contribution in [0.25, 0.3) is 0 Å². The lowest BCUT2D eigenvalue weighted by molar-refractivity contribution is -0.136. The number of hydrogen-bond acceptors (Lipinski definition) is 4. The average Bonchev–Trinajstić information content (AvgIpc) is 2.37. The third-order valence-electron chi connectivity index (χ3n) is 3.33. The molecule has 0 spiro atoms. The zero-order chi connectivity index (χ0) is 15.8. The van der Waals surface area contributed by atoms with Gasteiger partial charge in [0.15, 0.2) is 0 Å². The van der Waals surface area contributed by atoms with Crippen LogP contribution in [-0.2, 0) is 9.59 Å². The van der Waals surface area contributed by atoms with Crippen LogP contribution >= 0.6 is 11.8 Å². The molecule has 118 valence electrons. The molecule has 2 N–H and O–H groups in total. The average molecular weight is 303 g/mol. The van der Waals surface area contributed by atoms with Crippen molar-refractivity contribution in [1.82, 2.24) is 9.80 Å². The van der Waals surface area contributed by atoms with E-state index in [9.17, 15) is 9.59 Å². The summed E-state index contributed by atoms with van der Waals surface area (Å²) in [6, 6.07) is 0.